The highest BCUT2D eigenvalue weighted by atomic mass is 16.2. The van der Waals surface area contributed by atoms with Crippen molar-refractivity contribution >= 4 is 5.91 Å². The minimum atomic E-state index is -0.0706. The predicted octanol–water partition coefficient (Wildman–Crippen LogP) is 1.78. The highest BCUT2D eigenvalue weighted by Gasteiger charge is 2.26. The van der Waals surface area contributed by atoms with Gasteiger partial charge in [-0.05, 0) is 45.7 Å². The van der Waals surface area contributed by atoms with Crippen molar-refractivity contribution in [1.29, 1.82) is 0 Å². The minimum absolute atomic E-state index is 0.0706. The third-order valence-electron chi connectivity index (χ3n) is 3.98. The van der Waals surface area contributed by atoms with E-state index in [0.29, 0.717) is 5.92 Å². The molecule has 6 heteroatoms. The van der Waals surface area contributed by atoms with Gasteiger partial charge in [-0.3, -0.25) is 9.89 Å². The van der Waals surface area contributed by atoms with Crippen LogP contribution >= 0.6 is 0 Å². The summed E-state index contributed by atoms with van der Waals surface area (Å²) in [6, 6.07) is 0.153. The van der Waals surface area contributed by atoms with Crippen molar-refractivity contribution in [3.8, 4) is 0 Å². The molecule has 1 fully saturated rings. The molecule has 0 aromatic carbocycles. The molecule has 21 heavy (non-hydrogen) atoms. The van der Waals surface area contributed by atoms with Gasteiger partial charge >= 0.3 is 0 Å². The van der Waals surface area contributed by atoms with Crippen LogP contribution < -0.4 is 5.32 Å². The molecule has 0 bridgehead atoms. The molecule has 1 aliphatic heterocycles. The van der Waals surface area contributed by atoms with E-state index in [9.17, 15) is 4.79 Å². The Bertz CT molecular complexity index is 462. The van der Waals surface area contributed by atoms with Gasteiger partial charge in [0.05, 0.1) is 0 Å². The molecule has 1 atom stereocenters. The molecular weight excluding hydrogens is 266 g/mol. The zero-order valence-electron chi connectivity index (χ0n) is 13.5. The molecule has 1 amide bonds. The molecule has 0 radical (unpaired) electrons. The van der Waals surface area contributed by atoms with Gasteiger partial charge in [-0.2, -0.15) is 0 Å². The first-order valence-electron chi connectivity index (χ1n) is 7.93. The molecule has 1 aromatic heterocycles. The minimum Gasteiger partial charge on any atom is -0.333 e. The molecule has 1 unspecified atom stereocenters. The molecular formula is C15H27N5O. The lowest BCUT2D eigenvalue weighted by atomic mass is 9.98. The fourth-order valence-electron chi connectivity index (χ4n) is 2.64. The van der Waals surface area contributed by atoms with E-state index >= 15 is 0 Å². The summed E-state index contributed by atoms with van der Waals surface area (Å²) in [4.78, 5) is 18.9. The number of aromatic amines is 1. The van der Waals surface area contributed by atoms with Crippen LogP contribution in [0.25, 0.3) is 0 Å². The smallest absolute Gasteiger partial charge is 0.293 e. The van der Waals surface area contributed by atoms with Gasteiger partial charge in [0.25, 0.3) is 5.91 Å². The van der Waals surface area contributed by atoms with Crippen LogP contribution in [0.3, 0.4) is 0 Å². The molecule has 6 nitrogen and oxygen atoms in total. The maximum Gasteiger partial charge on any atom is 0.293 e. The third kappa shape index (κ3) is 4.03. The maximum atomic E-state index is 12.7. The quantitative estimate of drug-likeness (QED) is 0.868. The van der Waals surface area contributed by atoms with E-state index in [4.69, 9.17) is 0 Å². The van der Waals surface area contributed by atoms with E-state index < -0.39 is 0 Å². The number of hydrogen-bond donors (Lipinski definition) is 2. The fraction of sp³-hybridized carbons (Fsp3) is 0.800. The van der Waals surface area contributed by atoms with Crippen molar-refractivity contribution < 1.29 is 4.79 Å². The Morgan fingerprint density at radius 1 is 1.38 bits per heavy atom. The van der Waals surface area contributed by atoms with E-state index in [1.165, 1.54) is 12.8 Å². The molecule has 1 aliphatic rings. The van der Waals surface area contributed by atoms with E-state index in [1.54, 1.807) is 0 Å². The largest absolute Gasteiger partial charge is 0.333 e. The van der Waals surface area contributed by atoms with Crippen molar-refractivity contribution in [2.45, 2.75) is 52.5 Å². The second-order valence-corrected chi connectivity index (χ2v) is 6.46. The standard InChI is InChI=1S/C15H27N5O/c1-10(2)13-17-14(19-18-13)15(21)20(11(3)4)9-12-6-5-7-16-8-12/h10-12,16H,5-9H2,1-4H3,(H,17,18,19). The highest BCUT2D eigenvalue weighted by Crippen LogP contribution is 2.16. The molecule has 2 rings (SSSR count). The van der Waals surface area contributed by atoms with Crippen molar-refractivity contribution in [3.63, 3.8) is 0 Å². The van der Waals surface area contributed by atoms with Crippen LogP contribution in [0.1, 0.15) is 62.9 Å². The van der Waals surface area contributed by atoms with E-state index in [-0.39, 0.29) is 23.7 Å². The number of aromatic nitrogens is 3. The summed E-state index contributed by atoms with van der Waals surface area (Å²) in [5, 5.41) is 10.4. The Labute approximate surface area is 126 Å². The Balaban J connectivity index is 2.07. The van der Waals surface area contributed by atoms with Crippen molar-refractivity contribution in [3.05, 3.63) is 11.6 Å². The first-order chi connectivity index (χ1) is 9.99. The molecule has 2 heterocycles. The lowest BCUT2D eigenvalue weighted by molar-refractivity contribution is 0.0648. The van der Waals surface area contributed by atoms with Crippen molar-refractivity contribution in [2.24, 2.45) is 5.92 Å². The van der Waals surface area contributed by atoms with E-state index in [1.807, 2.05) is 32.6 Å². The first kappa shape index (κ1) is 15.9. The van der Waals surface area contributed by atoms with Gasteiger partial charge in [-0.15, -0.1) is 5.10 Å². The molecule has 1 saturated heterocycles. The molecule has 0 spiro atoms. The Hall–Kier alpha value is -1.43. The molecule has 118 valence electrons. The van der Waals surface area contributed by atoms with Crippen molar-refractivity contribution in [2.75, 3.05) is 19.6 Å². The Morgan fingerprint density at radius 3 is 2.67 bits per heavy atom. The zero-order valence-corrected chi connectivity index (χ0v) is 13.5. The van der Waals surface area contributed by atoms with Crippen LogP contribution in [-0.2, 0) is 0 Å². The van der Waals surface area contributed by atoms with Gasteiger partial charge in [0.15, 0.2) is 0 Å². The van der Waals surface area contributed by atoms with Crippen LogP contribution in [0.4, 0.5) is 0 Å². The van der Waals surface area contributed by atoms with E-state index in [0.717, 1.165) is 25.5 Å². The van der Waals surface area contributed by atoms with Gasteiger partial charge in [0, 0.05) is 18.5 Å². The zero-order chi connectivity index (χ0) is 15.4. The average molecular weight is 293 g/mol. The summed E-state index contributed by atoms with van der Waals surface area (Å²) in [6.45, 7) is 11.0. The number of piperidine rings is 1. The Morgan fingerprint density at radius 2 is 2.14 bits per heavy atom. The highest BCUT2D eigenvalue weighted by molar-refractivity contribution is 5.90. The average Bonchev–Trinajstić information content (AvgIpc) is 2.95. The summed E-state index contributed by atoms with van der Waals surface area (Å²) in [5.41, 5.74) is 0. The number of carbonyl (C=O) groups is 1. The summed E-state index contributed by atoms with van der Waals surface area (Å²) < 4.78 is 0. The fourth-order valence-corrected chi connectivity index (χ4v) is 2.64. The molecule has 2 N–H and O–H groups in total. The number of hydrogen-bond acceptors (Lipinski definition) is 4. The van der Waals surface area contributed by atoms with E-state index in [2.05, 4.69) is 20.5 Å². The first-order valence-corrected chi connectivity index (χ1v) is 7.93. The SMILES string of the molecule is CC(C)c1nc(C(=O)N(CC2CCCNC2)C(C)C)n[nH]1. The molecule has 1 aromatic rings. The predicted molar refractivity (Wildman–Crippen MR) is 82.2 cm³/mol. The topological polar surface area (TPSA) is 73.9 Å². The monoisotopic (exact) mass is 293 g/mol. The summed E-state index contributed by atoms with van der Waals surface area (Å²) in [7, 11) is 0. The van der Waals surface area contributed by atoms with Gasteiger partial charge < -0.3 is 10.2 Å². The number of nitrogens with zero attached hydrogens (tertiary/aromatic N) is 3. The van der Waals surface area contributed by atoms with Gasteiger partial charge in [0.1, 0.15) is 5.82 Å². The lowest BCUT2D eigenvalue weighted by Gasteiger charge is -2.32. The molecule has 0 aliphatic carbocycles. The number of nitrogens with one attached hydrogen (secondary N) is 2. The summed E-state index contributed by atoms with van der Waals surface area (Å²) in [5.74, 6) is 1.75. The van der Waals surface area contributed by atoms with Crippen LogP contribution in [0.2, 0.25) is 0 Å². The summed E-state index contributed by atoms with van der Waals surface area (Å²) in [6.07, 6.45) is 2.36. The number of amides is 1. The van der Waals surface area contributed by atoms with Crippen LogP contribution in [-0.4, -0.2) is 51.7 Å². The third-order valence-corrected chi connectivity index (χ3v) is 3.98. The molecule has 0 saturated carbocycles. The second-order valence-electron chi connectivity index (χ2n) is 6.46. The van der Waals surface area contributed by atoms with Crippen LogP contribution in [0.15, 0.2) is 0 Å². The number of rotatable bonds is 5. The van der Waals surface area contributed by atoms with Gasteiger partial charge in [-0.25, -0.2) is 4.98 Å². The van der Waals surface area contributed by atoms with Crippen LogP contribution in [0, 0.1) is 5.92 Å². The summed E-state index contributed by atoms with van der Waals surface area (Å²) >= 11 is 0. The van der Waals surface area contributed by atoms with Gasteiger partial charge in [-0.1, -0.05) is 13.8 Å². The van der Waals surface area contributed by atoms with Crippen LogP contribution in [0.5, 0.6) is 0 Å². The Kier molecular flexibility index (Phi) is 5.33. The maximum absolute atomic E-state index is 12.7. The van der Waals surface area contributed by atoms with Crippen molar-refractivity contribution in [1.82, 2.24) is 25.4 Å². The normalized spacial score (nSPS) is 19.2. The number of H-pyrrole nitrogens is 1. The second kappa shape index (κ2) is 7.02. The lowest BCUT2D eigenvalue weighted by Crippen LogP contribution is -2.44. The number of carbonyl (C=O) groups excluding carboxylic acids is 1. The van der Waals surface area contributed by atoms with Gasteiger partial charge in [0.2, 0.25) is 5.82 Å².